The lowest BCUT2D eigenvalue weighted by atomic mass is 10.0. The smallest absolute Gasteiger partial charge is 0.0534 e. The number of rotatable bonds is 4. The van der Waals surface area contributed by atoms with Gasteiger partial charge >= 0.3 is 0 Å². The highest BCUT2D eigenvalue weighted by molar-refractivity contribution is 8.93. The van der Waals surface area contributed by atoms with E-state index in [2.05, 4.69) is 119 Å². The van der Waals surface area contributed by atoms with Gasteiger partial charge in [0.15, 0.2) is 0 Å². The van der Waals surface area contributed by atoms with Crippen molar-refractivity contribution in [1.82, 2.24) is 9.47 Å². The fourth-order valence-electron chi connectivity index (χ4n) is 3.88. The topological polar surface area (TPSA) is 8.17 Å². The van der Waals surface area contributed by atoms with Crippen LogP contribution in [0.5, 0.6) is 0 Å². The molecule has 1 aromatic heterocycles. The lowest BCUT2D eigenvalue weighted by Gasteiger charge is -2.22. The molecule has 3 heteroatoms. The molecule has 2 heterocycles. The molecule has 0 amide bonds. The minimum atomic E-state index is 0. The third kappa shape index (κ3) is 3.92. The third-order valence-corrected chi connectivity index (χ3v) is 5.30. The lowest BCUT2D eigenvalue weighted by molar-refractivity contribution is 0.406. The molecule has 0 spiro atoms. The van der Waals surface area contributed by atoms with Gasteiger partial charge in [-0.3, -0.25) is 0 Å². The highest BCUT2D eigenvalue weighted by Gasteiger charge is 2.14. The van der Waals surface area contributed by atoms with Gasteiger partial charge in [-0.15, -0.1) is 17.0 Å². The van der Waals surface area contributed by atoms with E-state index in [9.17, 15) is 0 Å². The summed E-state index contributed by atoms with van der Waals surface area (Å²) < 4.78 is 2.29. The minimum Gasteiger partial charge on any atom is -0.369 e. The van der Waals surface area contributed by atoms with Crippen LogP contribution in [-0.4, -0.2) is 16.0 Å². The summed E-state index contributed by atoms with van der Waals surface area (Å²) in [6.07, 6.45) is 9.06. The molecule has 144 valence electrons. The van der Waals surface area contributed by atoms with Crippen LogP contribution in [0.15, 0.2) is 109 Å². The fraction of sp³-hybridized carbons (Fsp3) is 0.0769. The molecule has 0 radical (unpaired) electrons. The van der Waals surface area contributed by atoms with Gasteiger partial charge in [-0.2, -0.15) is 0 Å². The Bertz CT molecular complexity index is 1160. The summed E-state index contributed by atoms with van der Waals surface area (Å²) >= 11 is 0. The van der Waals surface area contributed by atoms with Crippen LogP contribution in [0.4, 0.5) is 0 Å². The molecule has 0 N–H and O–H groups in total. The van der Waals surface area contributed by atoms with Crippen molar-refractivity contribution in [1.29, 1.82) is 0 Å². The van der Waals surface area contributed by atoms with Crippen LogP contribution in [-0.2, 0) is 6.54 Å². The number of para-hydroxylation sites is 2. The number of nitrogens with zero attached hydrogens (tertiary/aromatic N) is 2. The van der Waals surface area contributed by atoms with E-state index in [4.69, 9.17) is 0 Å². The summed E-state index contributed by atoms with van der Waals surface area (Å²) in [5.74, 6) is 0. The summed E-state index contributed by atoms with van der Waals surface area (Å²) in [5.41, 5.74) is 6.34. The van der Waals surface area contributed by atoms with Crippen LogP contribution < -0.4 is 0 Å². The van der Waals surface area contributed by atoms with Gasteiger partial charge in [-0.25, -0.2) is 0 Å². The Balaban J connectivity index is 0.00000205. The maximum Gasteiger partial charge on any atom is 0.0534 e. The first-order chi connectivity index (χ1) is 13.9. The van der Waals surface area contributed by atoms with Crippen LogP contribution in [0.25, 0.3) is 22.2 Å². The molecule has 0 aliphatic carbocycles. The second-order valence-corrected chi connectivity index (χ2v) is 7.16. The van der Waals surface area contributed by atoms with E-state index in [0.717, 1.165) is 13.1 Å². The summed E-state index contributed by atoms with van der Waals surface area (Å²) in [5, 5.41) is 1.29. The number of hydrogen-bond acceptors (Lipinski definition) is 1. The van der Waals surface area contributed by atoms with Gasteiger partial charge in [0.2, 0.25) is 0 Å². The van der Waals surface area contributed by atoms with E-state index in [1.807, 2.05) is 0 Å². The van der Waals surface area contributed by atoms with Crippen molar-refractivity contribution in [3.05, 3.63) is 121 Å². The highest BCUT2D eigenvalue weighted by Crippen LogP contribution is 2.31. The average Bonchev–Trinajstić information content (AvgIpc) is 3.15. The third-order valence-electron chi connectivity index (χ3n) is 5.30. The van der Waals surface area contributed by atoms with Crippen LogP contribution in [0.3, 0.4) is 0 Å². The van der Waals surface area contributed by atoms with Gasteiger partial charge in [0.1, 0.15) is 0 Å². The second-order valence-electron chi connectivity index (χ2n) is 7.16. The number of aromatic nitrogens is 1. The Hall–Kier alpha value is -3.04. The summed E-state index contributed by atoms with van der Waals surface area (Å²) in [6.45, 7) is 1.86. The first kappa shape index (κ1) is 19.3. The number of allylic oxidation sites excluding steroid dienone is 2. The predicted octanol–water partition coefficient (Wildman–Crippen LogP) is 6.62. The maximum atomic E-state index is 2.34. The molecule has 0 atom stereocenters. The Morgan fingerprint density at radius 1 is 0.759 bits per heavy atom. The van der Waals surface area contributed by atoms with Crippen molar-refractivity contribution in [2.75, 3.05) is 6.54 Å². The van der Waals surface area contributed by atoms with Crippen LogP contribution in [0.1, 0.15) is 11.1 Å². The summed E-state index contributed by atoms with van der Waals surface area (Å²) in [6, 6.07) is 29.8. The molecule has 2 nitrogen and oxygen atoms in total. The molecule has 0 fully saturated rings. The number of fused-ring (bicyclic) bond motifs is 1. The van der Waals surface area contributed by atoms with Gasteiger partial charge in [0.25, 0.3) is 0 Å². The quantitative estimate of drug-likeness (QED) is 0.344. The number of halogens is 1. The largest absolute Gasteiger partial charge is 0.369 e. The molecular formula is C26H23BrN2. The van der Waals surface area contributed by atoms with Crippen LogP contribution in [0.2, 0.25) is 0 Å². The van der Waals surface area contributed by atoms with Crippen molar-refractivity contribution >= 4 is 33.5 Å². The fourth-order valence-corrected chi connectivity index (χ4v) is 3.88. The van der Waals surface area contributed by atoms with Crippen LogP contribution >= 0.6 is 17.0 Å². The molecule has 0 unspecified atom stereocenters. The van der Waals surface area contributed by atoms with Crippen molar-refractivity contribution in [2.24, 2.45) is 0 Å². The molecular weight excluding hydrogens is 420 g/mol. The van der Waals surface area contributed by atoms with Crippen molar-refractivity contribution in [3.8, 4) is 5.69 Å². The molecule has 1 aliphatic heterocycles. The number of hydrogen-bond donors (Lipinski definition) is 0. The number of benzene rings is 3. The van der Waals surface area contributed by atoms with Crippen molar-refractivity contribution < 1.29 is 0 Å². The molecule has 4 aromatic rings. The molecule has 3 aromatic carbocycles. The van der Waals surface area contributed by atoms with E-state index in [1.54, 1.807) is 0 Å². The van der Waals surface area contributed by atoms with E-state index in [0.29, 0.717) is 0 Å². The summed E-state index contributed by atoms with van der Waals surface area (Å²) in [7, 11) is 0. The van der Waals surface area contributed by atoms with Gasteiger partial charge < -0.3 is 9.47 Å². The average molecular weight is 443 g/mol. The zero-order valence-corrected chi connectivity index (χ0v) is 17.8. The van der Waals surface area contributed by atoms with E-state index in [-0.39, 0.29) is 17.0 Å². The Kier molecular flexibility index (Phi) is 5.68. The van der Waals surface area contributed by atoms with Gasteiger partial charge in [-0.05, 0) is 35.4 Å². The van der Waals surface area contributed by atoms with Gasteiger partial charge in [0.05, 0.1) is 5.52 Å². The molecule has 5 rings (SSSR count). The van der Waals surface area contributed by atoms with Crippen molar-refractivity contribution in [2.45, 2.75) is 6.54 Å². The Labute approximate surface area is 182 Å². The standard InChI is InChI=1S/C26H22N2.BrH/c1-3-9-21(10-4-1)19-27-17-15-22(16-18-27)25-20-28(23-11-5-2-6-12-23)26-14-8-7-13-24(25)26;/h1-17,20H,18-19H2;1H. The van der Waals surface area contributed by atoms with Gasteiger partial charge in [-0.1, -0.05) is 72.8 Å². The molecule has 1 aliphatic rings. The maximum absolute atomic E-state index is 2.34. The molecule has 29 heavy (non-hydrogen) atoms. The first-order valence-corrected chi connectivity index (χ1v) is 9.71. The van der Waals surface area contributed by atoms with E-state index in [1.165, 1.54) is 33.3 Å². The monoisotopic (exact) mass is 442 g/mol. The second kappa shape index (κ2) is 8.54. The lowest BCUT2D eigenvalue weighted by Crippen LogP contribution is -2.19. The molecule has 0 saturated carbocycles. The SMILES string of the molecule is Br.C1=CN(Cc2ccccc2)CC=C1c1cn(-c2ccccc2)c2ccccc12. The zero-order valence-electron chi connectivity index (χ0n) is 16.1. The van der Waals surface area contributed by atoms with Crippen molar-refractivity contribution in [3.63, 3.8) is 0 Å². The predicted molar refractivity (Wildman–Crippen MR) is 128 cm³/mol. The summed E-state index contributed by atoms with van der Waals surface area (Å²) in [4.78, 5) is 2.34. The zero-order chi connectivity index (χ0) is 18.8. The minimum absolute atomic E-state index is 0. The Morgan fingerprint density at radius 3 is 2.17 bits per heavy atom. The van der Waals surface area contributed by atoms with Crippen LogP contribution in [0, 0.1) is 0 Å². The Morgan fingerprint density at radius 2 is 1.45 bits per heavy atom. The molecule has 0 bridgehead atoms. The van der Waals surface area contributed by atoms with Gasteiger partial charge in [0, 0.05) is 42.1 Å². The molecule has 0 saturated heterocycles. The first-order valence-electron chi connectivity index (χ1n) is 9.71. The van der Waals surface area contributed by atoms with E-state index < -0.39 is 0 Å². The van der Waals surface area contributed by atoms with E-state index >= 15 is 0 Å². The normalized spacial score (nSPS) is 13.2. The highest BCUT2D eigenvalue weighted by atomic mass is 79.9.